The first-order valence-corrected chi connectivity index (χ1v) is 12.5. The molecule has 0 spiro atoms. The van der Waals surface area contributed by atoms with Crippen LogP contribution in [0.25, 0.3) is 33.5 Å². The van der Waals surface area contributed by atoms with Crippen molar-refractivity contribution in [1.82, 2.24) is 14.2 Å². The monoisotopic (exact) mass is 459 g/mol. The Hall–Kier alpha value is -3.66. The summed E-state index contributed by atoms with van der Waals surface area (Å²) in [5.41, 5.74) is 12.9. The van der Waals surface area contributed by atoms with Crippen LogP contribution in [0.5, 0.6) is 0 Å². The van der Waals surface area contributed by atoms with Crippen LogP contribution in [0.3, 0.4) is 0 Å². The molecule has 35 heavy (non-hydrogen) atoms. The standard InChI is InChI=1S/C31H31N4/c1-19-16-25-21(17-26-32-23-14-10-11-15-24(23)34(25)26)27-28(19)35-29(31(4,5)30(27,2)3)22(18-33(35)6)20-12-8-7-9-13-20/h7-16,18H,17H2,1-6H3/q+1. The fraction of sp³-hybridized carbons (Fsp3) is 0.290. The van der Waals surface area contributed by atoms with E-state index in [4.69, 9.17) is 4.98 Å². The van der Waals surface area contributed by atoms with Crippen LogP contribution in [0.2, 0.25) is 0 Å². The molecule has 2 aliphatic rings. The molecule has 4 nitrogen and oxygen atoms in total. The zero-order valence-corrected chi connectivity index (χ0v) is 21.3. The van der Waals surface area contributed by atoms with Crippen molar-refractivity contribution in [3.05, 3.63) is 95.1 Å². The molecule has 5 aromatic rings. The minimum Gasteiger partial charge on any atom is -0.296 e. The molecule has 0 N–H and O–H groups in total. The number of fused-ring (bicyclic) bond motifs is 9. The van der Waals surface area contributed by atoms with E-state index in [1.165, 1.54) is 50.4 Å². The van der Waals surface area contributed by atoms with Gasteiger partial charge in [-0.3, -0.25) is 4.57 Å². The van der Waals surface area contributed by atoms with Crippen molar-refractivity contribution in [1.29, 1.82) is 0 Å². The number of imidazole rings is 1. The maximum atomic E-state index is 5.03. The summed E-state index contributed by atoms with van der Waals surface area (Å²) in [4.78, 5) is 5.03. The molecule has 0 radical (unpaired) electrons. The molecule has 0 aliphatic carbocycles. The Balaban J connectivity index is 1.58. The fourth-order valence-corrected chi connectivity index (χ4v) is 6.66. The van der Waals surface area contributed by atoms with Crippen molar-refractivity contribution in [2.75, 3.05) is 0 Å². The van der Waals surface area contributed by atoms with Crippen LogP contribution in [0, 0.1) is 6.92 Å². The molecule has 0 unspecified atom stereocenters. The molecular formula is C31H31N4+. The van der Waals surface area contributed by atoms with Crippen molar-refractivity contribution >= 4 is 11.0 Å². The summed E-state index contributed by atoms with van der Waals surface area (Å²) in [5, 5.41) is 0. The average Bonchev–Trinajstić information content (AvgIpc) is 3.47. The molecule has 4 heterocycles. The zero-order chi connectivity index (χ0) is 24.3. The van der Waals surface area contributed by atoms with Gasteiger partial charge in [0.05, 0.1) is 22.3 Å². The van der Waals surface area contributed by atoms with Crippen molar-refractivity contribution in [2.24, 2.45) is 7.05 Å². The first kappa shape index (κ1) is 20.7. The summed E-state index contributed by atoms with van der Waals surface area (Å²) >= 11 is 0. The molecule has 0 fully saturated rings. The van der Waals surface area contributed by atoms with Gasteiger partial charge in [0, 0.05) is 17.3 Å². The van der Waals surface area contributed by atoms with Crippen molar-refractivity contribution in [3.63, 3.8) is 0 Å². The third-order valence-electron chi connectivity index (χ3n) is 8.95. The SMILES string of the molecule is Cc1cc2c(c3c1-n1c(c(-c4ccccc4)c[n+]1C)C(C)(C)C3(C)C)Cc1nc3ccccc3n1-2. The van der Waals surface area contributed by atoms with Crippen molar-refractivity contribution in [2.45, 2.75) is 51.9 Å². The van der Waals surface area contributed by atoms with Crippen LogP contribution >= 0.6 is 0 Å². The number of benzene rings is 3. The molecule has 0 saturated carbocycles. The van der Waals surface area contributed by atoms with Crippen molar-refractivity contribution < 1.29 is 4.68 Å². The summed E-state index contributed by atoms with van der Waals surface area (Å²) < 4.78 is 7.16. The normalized spacial score (nSPS) is 16.6. The molecule has 174 valence electrons. The van der Waals surface area contributed by atoms with Crippen LogP contribution in [0.1, 0.15) is 55.9 Å². The quantitative estimate of drug-likeness (QED) is 0.273. The number of hydrogen-bond donors (Lipinski definition) is 0. The lowest BCUT2D eigenvalue weighted by molar-refractivity contribution is -0.745. The van der Waals surface area contributed by atoms with E-state index >= 15 is 0 Å². The van der Waals surface area contributed by atoms with Gasteiger partial charge in [0.1, 0.15) is 17.2 Å². The fourth-order valence-electron chi connectivity index (χ4n) is 6.66. The average molecular weight is 460 g/mol. The van der Waals surface area contributed by atoms with E-state index in [0.717, 1.165) is 17.8 Å². The number of aryl methyl sites for hydroxylation is 2. The molecule has 2 aromatic heterocycles. The molecule has 0 saturated heterocycles. The Labute approximate surface area is 206 Å². The van der Waals surface area contributed by atoms with E-state index in [9.17, 15) is 0 Å². The predicted molar refractivity (Wildman–Crippen MR) is 141 cm³/mol. The molecular weight excluding hydrogens is 428 g/mol. The lowest BCUT2D eigenvalue weighted by Gasteiger charge is -2.47. The number of para-hydroxylation sites is 2. The summed E-state index contributed by atoms with van der Waals surface area (Å²) in [7, 11) is 2.18. The minimum atomic E-state index is -0.0965. The third-order valence-corrected chi connectivity index (χ3v) is 8.95. The number of aromatic nitrogens is 4. The molecule has 0 bridgehead atoms. The first-order valence-electron chi connectivity index (χ1n) is 12.5. The highest BCUT2D eigenvalue weighted by Gasteiger charge is 2.53. The third kappa shape index (κ3) is 2.42. The summed E-state index contributed by atoms with van der Waals surface area (Å²) in [6.07, 6.45) is 3.18. The van der Waals surface area contributed by atoms with E-state index in [1.807, 2.05) is 0 Å². The van der Waals surface area contributed by atoms with Crippen LogP contribution in [-0.2, 0) is 24.3 Å². The van der Waals surface area contributed by atoms with E-state index in [0.29, 0.717) is 0 Å². The highest BCUT2D eigenvalue weighted by atomic mass is 15.4. The van der Waals surface area contributed by atoms with Crippen LogP contribution in [-0.4, -0.2) is 14.2 Å². The highest BCUT2D eigenvalue weighted by Crippen LogP contribution is 2.55. The smallest absolute Gasteiger partial charge is 0.203 e. The second-order valence-electron chi connectivity index (χ2n) is 11.3. The number of hydrogen-bond acceptors (Lipinski definition) is 1. The second kappa shape index (κ2) is 6.51. The molecule has 4 heteroatoms. The summed E-state index contributed by atoms with van der Waals surface area (Å²) in [5.74, 6) is 1.15. The molecule has 2 aliphatic heterocycles. The Morgan fingerprint density at radius 3 is 2.40 bits per heavy atom. The summed E-state index contributed by atoms with van der Waals surface area (Å²) in [6.45, 7) is 12.0. The zero-order valence-electron chi connectivity index (χ0n) is 21.3. The van der Waals surface area contributed by atoms with Gasteiger partial charge in [-0.05, 0) is 47.4 Å². The number of rotatable bonds is 1. The maximum Gasteiger partial charge on any atom is 0.203 e. The van der Waals surface area contributed by atoms with Crippen molar-refractivity contribution in [3.8, 4) is 22.5 Å². The first-order chi connectivity index (χ1) is 16.7. The Morgan fingerprint density at radius 2 is 1.63 bits per heavy atom. The van der Waals surface area contributed by atoms with E-state index < -0.39 is 0 Å². The molecule has 3 aromatic carbocycles. The van der Waals surface area contributed by atoms with Gasteiger partial charge in [-0.1, -0.05) is 70.2 Å². The minimum absolute atomic E-state index is 0.0802. The van der Waals surface area contributed by atoms with Crippen LogP contribution in [0.4, 0.5) is 0 Å². The predicted octanol–water partition coefficient (Wildman–Crippen LogP) is 6.09. The van der Waals surface area contributed by atoms with Gasteiger partial charge in [0.15, 0.2) is 7.05 Å². The van der Waals surface area contributed by atoms with E-state index in [1.54, 1.807) is 0 Å². The van der Waals surface area contributed by atoms with Crippen LogP contribution in [0.15, 0.2) is 66.9 Å². The number of nitrogens with zero attached hydrogens (tertiary/aromatic N) is 4. The molecule has 0 amide bonds. The van der Waals surface area contributed by atoms with Crippen LogP contribution < -0.4 is 4.68 Å². The summed E-state index contributed by atoms with van der Waals surface area (Å²) in [6, 6.07) is 21.7. The Kier molecular flexibility index (Phi) is 3.85. The molecule has 0 atom stereocenters. The molecule has 7 rings (SSSR count). The lowest BCUT2D eigenvalue weighted by Crippen LogP contribution is -2.51. The van der Waals surface area contributed by atoms with Gasteiger partial charge in [0.25, 0.3) is 0 Å². The van der Waals surface area contributed by atoms with Gasteiger partial charge >= 0.3 is 0 Å². The topological polar surface area (TPSA) is 26.6 Å². The van der Waals surface area contributed by atoms with E-state index in [-0.39, 0.29) is 10.8 Å². The van der Waals surface area contributed by atoms with Gasteiger partial charge in [0.2, 0.25) is 6.20 Å². The second-order valence-corrected chi connectivity index (χ2v) is 11.3. The Morgan fingerprint density at radius 1 is 0.914 bits per heavy atom. The Bertz CT molecular complexity index is 1680. The van der Waals surface area contributed by atoms with Gasteiger partial charge < -0.3 is 0 Å². The van der Waals surface area contributed by atoms with Gasteiger partial charge in [-0.2, -0.15) is 0 Å². The van der Waals surface area contributed by atoms with Gasteiger partial charge in [-0.25, -0.2) is 4.98 Å². The largest absolute Gasteiger partial charge is 0.296 e. The maximum absolute atomic E-state index is 5.03. The lowest BCUT2D eigenvalue weighted by atomic mass is 9.58. The highest BCUT2D eigenvalue weighted by molar-refractivity contribution is 5.82. The van der Waals surface area contributed by atoms with E-state index in [2.05, 4.69) is 122 Å². The van der Waals surface area contributed by atoms with Gasteiger partial charge in [-0.15, -0.1) is 9.36 Å².